The van der Waals surface area contributed by atoms with Crippen LogP contribution in [-0.4, -0.2) is 38.0 Å². The van der Waals surface area contributed by atoms with Crippen LogP contribution in [0.2, 0.25) is 0 Å². The van der Waals surface area contributed by atoms with Crippen molar-refractivity contribution in [3.05, 3.63) is 70.3 Å². The Bertz CT molecular complexity index is 919. The second kappa shape index (κ2) is 10.7. The van der Waals surface area contributed by atoms with Gasteiger partial charge in [0.25, 0.3) is 0 Å². The van der Waals surface area contributed by atoms with Crippen molar-refractivity contribution in [3.63, 3.8) is 0 Å². The number of amides is 1. The van der Waals surface area contributed by atoms with Gasteiger partial charge < -0.3 is 15.0 Å². The van der Waals surface area contributed by atoms with E-state index in [1.807, 2.05) is 18.2 Å². The molecular formula is C26H33N2O3+. The first kappa shape index (κ1) is 21.7. The maximum absolute atomic E-state index is 12.6. The fourth-order valence-corrected chi connectivity index (χ4v) is 4.57. The van der Waals surface area contributed by atoms with Crippen molar-refractivity contribution < 1.29 is 19.2 Å². The number of Topliss-reactive ketones (excluding diaryl/α,β-unsaturated/α-hetero) is 1. The van der Waals surface area contributed by atoms with Crippen molar-refractivity contribution in [2.75, 3.05) is 26.3 Å². The van der Waals surface area contributed by atoms with Crippen LogP contribution in [0.3, 0.4) is 0 Å². The Kier molecular flexibility index (Phi) is 7.49. The second-order valence-electron chi connectivity index (χ2n) is 8.70. The van der Waals surface area contributed by atoms with E-state index < -0.39 is 0 Å². The number of quaternary nitrogens is 1. The van der Waals surface area contributed by atoms with E-state index in [1.54, 1.807) is 0 Å². The van der Waals surface area contributed by atoms with Gasteiger partial charge in [-0.1, -0.05) is 36.4 Å². The molecule has 1 fully saturated rings. The Morgan fingerprint density at radius 2 is 1.65 bits per heavy atom. The number of ether oxygens (including phenoxy) is 1. The second-order valence-corrected chi connectivity index (χ2v) is 8.70. The molecule has 0 unspecified atom stereocenters. The van der Waals surface area contributed by atoms with Gasteiger partial charge in [0, 0.05) is 30.5 Å². The molecule has 0 atom stereocenters. The van der Waals surface area contributed by atoms with Crippen LogP contribution in [0, 0.1) is 0 Å². The van der Waals surface area contributed by atoms with Gasteiger partial charge in [-0.15, -0.1) is 0 Å². The van der Waals surface area contributed by atoms with Crippen LogP contribution < -0.4 is 10.2 Å². The van der Waals surface area contributed by atoms with Gasteiger partial charge in [0.2, 0.25) is 5.91 Å². The van der Waals surface area contributed by atoms with E-state index in [2.05, 4.69) is 29.6 Å². The van der Waals surface area contributed by atoms with Gasteiger partial charge in [0.15, 0.2) is 5.78 Å². The normalized spacial score (nSPS) is 16.5. The summed E-state index contributed by atoms with van der Waals surface area (Å²) in [6.45, 7) is 5.12. The minimum atomic E-state index is -0.0696. The number of ketones is 1. The Morgan fingerprint density at radius 3 is 2.45 bits per heavy atom. The number of aryl methyl sites for hydroxylation is 2. The molecule has 0 radical (unpaired) electrons. The molecule has 0 spiro atoms. The number of carbonyl (C=O) groups excluding carboxylic acids is 2. The van der Waals surface area contributed by atoms with E-state index in [-0.39, 0.29) is 24.5 Å². The minimum absolute atomic E-state index is 0.0554. The molecule has 1 heterocycles. The van der Waals surface area contributed by atoms with Gasteiger partial charge in [-0.2, -0.15) is 0 Å². The number of rotatable bonds is 8. The van der Waals surface area contributed by atoms with Crippen LogP contribution in [0.1, 0.15) is 58.3 Å². The molecule has 31 heavy (non-hydrogen) atoms. The molecule has 0 aromatic heterocycles. The number of morpholine rings is 1. The molecule has 5 heteroatoms. The Hall–Kier alpha value is -2.50. The highest BCUT2D eigenvalue weighted by Crippen LogP contribution is 2.23. The predicted octanol–water partition coefficient (Wildman–Crippen LogP) is 2.26. The summed E-state index contributed by atoms with van der Waals surface area (Å²) < 4.78 is 5.45. The van der Waals surface area contributed by atoms with Crippen molar-refractivity contribution >= 4 is 11.7 Å². The Balaban J connectivity index is 1.26. The van der Waals surface area contributed by atoms with Gasteiger partial charge in [-0.25, -0.2) is 0 Å². The third kappa shape index (κ3) is 6.02. The molecular weight excluding hydrogens is 388 g/mol. The van der Waals surface area contributed by atoms with E-state index in [4.69, 9.17) is 4.74 Å². The summed E-state index contributed by atoms with van der Waals surface area (Å²) in [5.74, 6) is -0.0142. The van der Waals surface area contributed by atoms with Crippen molar-refractivity contribution in [1.82, 2.24) is 5.32 Å². The smallest absolute Gasteiger partial charge is 0.220 e. The fourth-order valence-electron chi connectivity index (χ4n) is 4.57. The zero-order valence-corrected chi connectivity index (χ0v) is 18.3. The zero-order valence-electron chi connectivity index (χ0n) is 18.3. The topological polar surface area (TPSA) is 59.8 Å². The van der Waals surface area contributed by atoms with E-state index in [1.165, 1.54) is 34.4 Å². The first-order chi connectivity index (χ1) is 15.2. The Labute approximate surface area is 184 Å². The van der Waals surface area contributed by atoms with Crippen LogP contribution in [-0.2, 0) is 35.5 Å². The lowest BCUT2D eigenvalue weighted by Crippen LogP contribution is -3.12. The van der Waals surface area contributed by atoms with Crippen LogP contribution >= 0.6 is 0 Å². The molecule has 0 bridgehead atoms. The summed E-state index contributed by atoms with van der Waals surface area (Å²) in [6, 6.07) is 14.3. The summed E-state index contributed by atoms with van der Waals surface area (Å²) in [7, 11) is 0. The van der Waals surface area contributed by atoms with E-state index in [0.29, 0.717) is 6.54 Å². The van der Waals surface area contributed by atoms with Crippen LogP contribution in [0.15, 0.2) is 42.5 Å². The third-order valence-electron chi connectivity index (χ3n) is 6.48. The number of carbonyl (C=O) groups is 2. The summed E-state index contributed by atoms with van der Waals surface area (Å²) >= 11 is 0. The molecule has 1 amide bonds. The maximum atomic E-state index is 12.6. The van der Waals surface area contributed by atoms with E-state index >= 15 is 0 Å². The lowest BCUT2D eigenvalue weighted by Gasteiger charge is -2.24. The molecule has 5 nitrogen and oxygen atoms in total. The van der Waals surface area contributed by atoms with E-state index in [9.17, 15) is 9.59 Å². The monoisotopic (exact) mass is 421 g/mol. The summed E-state index contributed by atoms with van der Waals surface area (Å²) in [5.41, 5.74) is 5.84. The van der Waals surface area contributed by atoms with Gasteiger partial charge in [0.1, 0.15) is 19.6 Å². The van der Waals surface area contributed by atoms with Crippen molar-refractivity contribution in [2.24, 2.45) is 0 Å². The lowest BCUT2D eigenvalue weighted by molar-refractivity contribution is -0.921. The number of hydrogen-bond donors (Lipinski definition) is 2. The molecule has 2 aromatic rings. The number of benzene rings is 2. The maximum Gasteiger partial charge on any atom is 0.220 e. The van der Waals surface area contributed by atoms with Gasteiger partial charge in [-0.05, 0) is 48.4 Å². The van der Waals surface area contributed by atoms with Gasteiger partial charge in [-0.3, -0.25) is 9.59 Å². The molecule has 1 aliphatic carbocycles. The van der Waals surface area contributed by atoms with Crippen molar-refractivity contribution in [1.29, 1.82) is 0 Å². The summed E-state index contributed by atoms with van der Waals surface area (Å²) in [5, 5.41) is 3.01. The fraction of sp³-hybridized carbons (Fsp3) is 0.462. The van der Waals surface area contributed by atoms with Crippen molar-refractivity contribution in [3.8, 4) is 0 Å². The highest BCUT2D eigenvalue weighted by atomic mass is 16.5. The van der Waals surface area contributed by atoms with Crippen molar-refractivity contribution in [2.45, 2.75) is 51.6 Å². The predicted molar refractivity (Wildman–Crippen MR) is 120 cm³/mol. The highest BCUT2D eigenvalue weighted by Gasteiger charge is 2.17. The first-order valence-electron chi connectivity index (χ1n) is 11.6. The molecule has 1 saturated heterocycles. The molecule has 4 rings (SSSR count). The first-order valence-corrected chi connectivity index (χ1v) is 11.6. The molecule has 2 aliphatic rings. The highest BCUT2D eigenvalue weighted by molar-refractivity contribution is 5.98. The zero-order chi connectivity index (χ0) is 21.5. The lowest BCUT2D eigenvalue weighted by atomic mass is 9.89. The molecule has 1 aliphatic heterocycles. The Morgan fingerprint density at radius 1 is 0.903 bits per heavy atom. The molecule has 164 valence electrons. The third-order valence-corrected chi connectivity index (χ3v) is 6.48. The van der Waals surface area contributed by atoms with E-state index in [0.717, 1.165) is 56.8 Å². The average Bonchev–Trinajstić information content (AvgIpc) is 2.82. The molecule has 0 saturated carbocycles. The van der Waals surface area contributed by atoms with Crippen LogP contribution in [0.4, 0.5) is 0 Å². The number of fused-ring (bicyclic) bond motifs is 1. The average molecular weight is 422 g/mol. The van der Waals surface area contributed by atoms with Crippen LogP contribution in [0.25, 0.3) is 0 Å². The summed E-state index contributed by atoms with van der Waals surface area (Å²) in [6.07, 6.45) is 5.08. The number of nitrogens with one attached hydrogen (secondary N) is 2. The van der Waals surface area contributed by atoms with Gasteiger partial charge >= 0.3 is 0 Å². The standard InChI is InChI=1S/C26H32N2O3/c29-25(22-10-9-20-5-1-2-6-21(20)17-22)11-12-26(30)27-18-23-7-3-4-8-24(23)19-28-13-15-31-16-14-28/h3-4,7-10,17H,1-2,5-6,11-16,18-19H2,(H,27,30)/p+1. The largest absolute Gasteiger partial charge is 0.370 e. The molecule has 2 aromatic carbocycles. The number of hydrogen-bond acceptors (Lipinski definition) is 3. The van der Waals surface area contributed by atoms with Gasteiger partial charge in [0.05, 0.1) is 13.2 Å². The molecule has 2 N–H and O–H groups in total. The quantitative estimate of drug-likeness (QED) is 0.643. The minimum Gasteiger partial charge on any atom is -0.370 e. The van der Waals surface area contributed by atoms with Crippen LogP contribution in [0.5, 0.6) is 0 Å². The summed E-state index contributed by atoms with van der Waals surface area (Å²) in [4.78, 5) is 26.5. The SMILES string of the molecule is O=C(CCC(=O)c1ccc2c(c1)CCCC2)NCc1ccccc1C[NH+]1CCOCC1.